The van der Waals surface area contributed by atoms with E-state index in [1.54, 1.807) is 29.2 Å². The second-order valence-corrected chi connectivity index (χ2v) is 8.47. The third kappa shape index (κ3) is 5.69. The quantitative estimate of drug-likeness (QED) is 0.529. The van der Waals surface area contributed by atoms with Gasteiger partial charge in [-0.2, -0.15) is 0 Å². The van der Waals surface area contributed by atoms with Crippen molar-refractivity contribution in [2.24, 2.45) is 0 Å². The third-order valence-corrected chi connectivity index (χ3v) is 6.44. The van der Waals surface area contributed by atoms with Crippen LogP contribution in [0.2, 0.25) is 5.02 Å². The molecule has 1 aromatic heterocycles. The van der Waals surface area contributed by atoms with E-state index >= 15 is 0 Å². The highest BCUT2D eigenvalue weighted by Crippen LogP contribution is 2.26. The van der Waals surface area contributed by atoms with Gasteiger partial charge in [0.1, 0.15) is 25.7 Å². The second kappa shape index (κ2) is 9.54. The molecule has 0 saturated carbocycles. The summed E-state index contributed by atoms with van der Waals surface area (Å²) in [4.78, 5) is 1.51. The maximum atomic E-state index is 6.28. The predicted molar refractivity (Wildman–Crippen MR) is 105 cm³/mol. The molecule has 0 radical (unpaired) electrons. The van der Waals surface area contributed by atoms with E-state index in [9.17, 15) is 0 Å². The van der Waals surface area contributed by atoms with Gasteiger partial charge in [-0.1, -0.05) is 59.0 Å². The number of morpholine rings is 1. The first kappa shape index (κ1) is 18.7. The SMILES string of the molecule is C=CCNc1nnc(SC[C@H]2C[NH+](Cc3ccccc3Cl)CCO2)s1. The zero-order valence-electron chi connectivity index (χ0n) is 13.9. The number of halogens is 1. The summed E-state index contributed by atoms with van der Waals surface area (Å²) in [7, 11) is 0. The van der Waals surface area contributed by atoms with Crippen LogP contribution >= 0.6 is 34.7 Å². The molecule has 3 rings (SSSR count). The van der Waals surface area contributed by atoms with Crippen LogP contribution in [0.5, 0.6) is 0 Å². The average molecular weight is 398 g/mol. The van der Waals surface area contributed by atoms with E-state index < -0.39 is 0 Å². The smallest absolute Gasteiger partial charge is 0.206 e. The van der Waals surface area contributed by atoms with E-state index in [2.05, 4.69) is 28.2 Å². The number of benzene rings is 1. The van der Waals surface area contributed by atoms with Crippen LogP contribution in [0, 0.1) is 0 Å². The lowest BCUT2D eigenvalue weighted by atomic mass is 10.2. The molecule has 5 nitrogen and oxygen atoms in total. The molecule has 0 amide bonds. The van der Waals surface area contributed by atoms with Gasteiger partial charge in [-0.25, -0.2) is 0 Å². The molecule has 1 aliphatic heterocycles. The van der Waals surface area contributed by atoms with Crippen LogP contribution in [0.3, 0.4) is 0 Å². The van der Waals surface area contributed by atoms with Crippen molar-refractivity contribution in [2.45, 2.75) is 17.0 Å². The molecule has 8 heteroatoms. The van der Waals surface area contributed by atoms with E-state index in [1.165, 1.54) is 10.5 Å². The lowest BCUT2D eigenvalue weighted by molar-refractivity contribution is -0.924. The van der Waals surface area contributed by atoms with Gasteiger partial charge in [-0.3, -0.25) is 0 Å². The number of aromatic nitrogens is 2. The highest BCUT2D eigenvalue weighted by atomic mass is 35.5. The Morgan fingerprint density at radius 3 is 3.16 bits per heavy atom. The lowest BCUT2D eigenvalue weighted by Crippen LogP contribution is -3.13. The number of rotatable bonds is 8. The standard InChI is InChI=1S/C17H21ClN4OS2/c1-2-7-19-16-20-21-17(25-16)24-12-14-11-22(8-9-23-14)10-13-5-3-4-6-15(13)18/h2-6,14H,1,7-12H2,(H,19,20)/p+1/t14-/m1/s1. The Kier molecular flexibility index (Phi) is 7.12. The molecule has 1 aliphatic rings. The molecule has 0 bridgehead atoms. The molecule has 2 atom stereocenters. The third-order valence-electron chi connectivity index (χ3n) is 3.92. The van der Waals surface area contributed by atoms with E-state index in [1.807, 2.05) is 18.2 Å². The Balaban J connectivity index is 1.47. The molecule has 0 aliphatic carbocycles. The molecule has 1 unspecified atom stereocenters. The van der Waals surface area contributed by atoms with Crippen LogP contribution in [-0.4, -0.2) is 48.3 Å². The van der Waals surface area contributed by atoms with Crippen LogP contribution in [-0.2, 0) is 11.3 Å². The maximum Gasteiger partial charge on any atom is 0.206 e. The Morgan fingerprint density at radius 1 is 1.44 bits per heavy atom. The summed E-state index contributed by atoms with van der Waals surface area (Å²) in [5, 5.41) is 13.2. The molecule has 2 heterocycles. The normalized spacial score (nSPS) is 20.4. The van der Waals surface area contributed by atoms with Crippen LogP contribution in [0.4, 0.5) is 5.13 Å². The summed E-state index contributed by atoms with van der Waals surface area (Å²) in [6.45, 7) is 8.11. The first-order chi connectivity index (χ1) is 12.2. The van der Waals surface area contributed by atoms with E-state index in [0.29, 0.717) is 6.54 Å². The fourth-order valence-electron chi connectivity index (χ4n) is 2.69. The number of thioether (sulfide) groups is 1. The monoisotopic (exact) mass is 397 g/mol. The van der Waals surface area contributed by atoms with Gasteiger partial charge in [0.15, 0.2) is 4.34 Å². The minimum atomic E-state index is 0.227. The molecule has 1 fully saturated rings. The predicted octanol–water partition coefficient (Wildman–Crippen LogP) is 2.37. The first-order valence-electron chi connectivity index (χ1n) is 8.24. The fraction of sp³-hybridized carbons (Fsp3) is 0.412. The van der Waals surface area contributed by atoms with Crippen LogP contribution in [0.25, 0.3) is 0 Å². The summed E-state index contributed by atoms with van der Waals surface area (Å²) >= 11 is 9.56. The number of nitrogens with one attached hydrogen (secondary N) is 2. The average Bonchev–Trinajstić information content (AvgIpc) is 3.08. The number of hydrogen-bond donors (Lipinski definition) is 2. The highest BCUT2D eigenvalue weighted by Gasteiger charge is 2.25. The maximum absolute atomic E-state index is 6.28. The summed E-state index contributed by atoms with van der Waals surface area (Å²) < 4.78 is 6.89. The zero-order valence-corrected chi connectivity index (χ0v) is 16.3. The van der Waals surface area contributed by atoms with Crippen molar-refractivity contribution in [1.82, 2.24) is 10.2 Å². The molecule has 1 saturated heterocycles. The number of nitrogens with zero attached hydrogens (tertiary/aromatic N) is 2. The second-order valence-electron chi connectivity index (χ2n) is 5.82. The van der Waals surface area contributed by atoms with Crippen molar-refractivity contribution in [3.8, 4) is 0 Å². The number of hydrogen-bond acceptors (Lipinski definition) is 6. The Labute approximate surface area is 161 Å². The van der Waals surface area contributed by atoms with Crippen LogP contribution < -0.4 is 10.2 Å². The molecule has 2 aromatic rings. The molecule has 25 heavy (non-hydrogen) atoms. The van der Waals surface area contributed by atoms with Crippen molar-refractivity contribution >= 4 is 39.8 Å². The lowest BCUT2D eigenvalue weighted by Gasteiger charge is -2.30. The minimum Gasteiger partial charge on any atom is -0.366 e. The van der Waals surface area contributed by atoms with Crippen LogP contribution in [0.1, 0.15) is 5.56 Å². The van der Waals surface area contributed by atoms with Gasteiger partial charge in [0, 0.05) is 22.9 Å². The zero-order chi connectivity index (χ0) is 17.5. The Morgan fingerprint density at radius 2 is 2.32 bits per heavy atom. The van der Waals surface area contributed by atoms with Gasteiger partial charge in [-0.05, 0) is 6.07 Å². The highest BCUT2D eigenvalue weighted by molar-refractivity contribution is 8.01. The van der Waals surface area contributed by atoms with E-state index in [4.69, 9.17) is 16.3 Å². The summed E-state index contributed by atoms with van der Waals surface area (Å²) in [6, 6.07) is 8.08. The van der Waals surface area contributed by atoms with Gasteiger partial charge in [0.05, 0.1) is 6.61 Å². The number of ether oxygens (including phenoxy) is 1. The largest absolute Gasteiger partial charge is 0.366 e. The molecule has 2 N–H and O–H groups in total. The van der Waals surface area contributed by atoms with Crippen molar-refractivity contribution in [2.75, 3.05) is 37.3 Å². The number of anilines is 1. The van der Waals surface area contributed by atoms with Crippen molar-refractivity contribution in [3.63, 3.8) is 0 Å². The molecule has 134 valence electrons. The van der Waals surface area contributed by atoms with Gasteiger partial charge in [0.25, 0.3) is 0 Å². The van der Waals surface area contributed by atoms with E-state index in [0.717, 1.165) is 46.5 Å². The first-order valence-corrected chi connectivity index (χ1v) is 10.4. The minimum absolute atomic E-state index is 0.227. The van der Waals surface area contributed by atoms with Gasteiger partial charge >= 0.3 is 0 Å². The number of quaternary nitrogens is 1. The Bertz CT molecular complexity index is 697. The van der Waals surface area contributed by atoms with E-state index in [-0.39, 0.29) is 6.10 Å². The van der Waals surface area contributed by atoms with Gasteiger partial charge in [-0.15, -0.1) is 16.8 Å². The van der Waals surface area contributed by atoms with Crippen molar-refractivity contribution < 1.29 is 9.64 Å². The van der Waals surface area contributed by atoms with Crippen LogP contribution in [0.15, 0.2) is 41.3 Å². The van der Waals surface area contributed by atoms with Gasteiger partial charge in [0.2, 0.25) is 5.13 Å². The molecule has 0 spiro atoms. The summed E-state index contributed by atoms with van der Waals surface area (Å²) in [6.07, 6.45) is 2.03. The summed E-state index contributed by atoms with van der Waals surface area (Å²) in [5.41, 5.74) is 1.20. The molecule has 1 aromatic carbocycles. The summed E-state index contributed by atoms with van der Waals surface area (Å²) in [5.74, 6) is 0.891. The molecular weight excluding hydrogens is 376 g/mol. The van der Waals surface area contributed by atoms with Gasteiger partial charge < -0.3 is 15.0 Å². The topological polar surface area (TPSA) is 51.5 Å². The van der Waals surface area contributed by atoms with Crippen molar-refractivity contribution in [3.05, 3.63) is 47.5 Å². The molecular formula is C17H22ClN4OS2+. The van der Waals surface area contributed by atoms with Crippen molar-refractivity contribution in [1.29, 1.82) is 0 Å². The Hall–Kier alpha value is -1.12. The fourth-order valence-corrected chi connectivity index (χ4v) is 4.70.